The first kappa shape index (κ1) is 18.9. The van der Waals surface area contributed by atoms with Gasteiger partial charge in [-0.1, -0.05) is 30.3 Å². The SMILES string of the molecule is O=C(O)CN(OC1CCNCC1)C(=O)CC(=O)OCc1ccccc1. The van der Waals surface area contributed by atoms with Crippen molar-refractivity contribution in [2.75, 3.05) is 19.6 Å². The number of carbonyl (C=O) groups excluding carboxylic acids is 2. The molecule has 0 spiro atoms. The van der Waals surface area contributed by atoms with Crippen molar-refractivity contribution in [3.05, 3.63) is 35.9 Å². The minimum Gasteiger partial charge on any atom is -0.480 e. The van der Waals surface area contributed by atoms with E-state index in [1.165, 1.54) is 0 Å². The molecule has 1 aromatic rings. The molecule has 0 unspecified atom stereocenters. The highest BCUT2D eigenvalue weighted by Crippen LogP contribution is 2.11. The zero-order valence-electron chi connectivity index (χ0n) is 13.8. The molecule has 2 N–H and O–H groups in total. The van der Waals surface area contributed by atoms with E-state index >= 15 is 0 Å². The molecule has 1 amide bonds. The number of nitrogens with one attached hydrogen (secondary N) is 1. The highest BCUT2D eigenvalue weighted by Gasteiger charge is 2.25. The summed E-state index contributed by atoms with van der Waals surface area (Å²) in [5, 5.41) is 12.8. The van der Waals surface area contributed by atoms with Gasteiger partial charge in [0.1, 0.15) is 19.6 Å². The number of amides is 1. The maximum atomic E-state index is 12.2. The van der Waals surface area contributed by atoms with Gasteiger partial charge >= 0.3 is 11.9 Å². The van der Waals surface area contributed by atoms with Crippen LogP contribution in [0.4, 0.5) is 0 Å². The number of benzene rings is 1. The van der Waals surface area contributed by atoms with Gasteiger partial charge in [0.15, 0.2) is 0 Å². The summed E-state index contributed by atoms with van der Waals surface area (Å²) in [6.07, 6.45) is 0.527. The minimum absolute atomic E-state index is 0.0566. The van der Waals surface area contributed by atoms with Crippen LogP contribution in [-0.2, 0) is 30.6 Å². The molecular weight excluding hydrogens is 328 g/mol. The molecule has 1 saturated heterocycles. The molecule has 0 bridgehead atoms. The van der Waals surface area contributed by atoms with Crippen LogP contribution >= 0.6 is 0 Å². The second kappa shape index (κ2) is 9.75. The number of aliphatic carboxylic acids is 1. The van der Waals surface area contributed by atoms with Crippen molar-refractivity contribution < 1.29 is 29.1 Å². The van der Waals surface area contributed by atoms with Crippen molar-refractivity contribution in [2.24, 2.45) is 0 Å². The van der Waals surface area contributed by atoms with Gasteiger partial charge in [-0.3, -0.25) is 19.2 Å². The molecule has 2 rings (SSSR count). The van der Waals surface area contributed by atoms with Crippen molar-refractivity contribution in [3.8, 4) is 0 Å². The number of carbonyl (C=O) groups is 3. The van der Waals surface area contributed by atoms with Gasteiger partial charge in [0.05, 0.1) is 6.10 Å². The van der Waals surface area contributed by atoms with E-state index in [4.69, 9.17) is 14.7 Å². The number of piperidine rings is 1. The van der Waals surface area contributed by atoms with Crippen LogP contribution in [0, 0.1) is 0 Å². The summed E-state index contributed by atoms with van der Waals surface area (Å²) in [7, 11) is 0. The van der Waals surface area contributed by atoms with Crippen molar-refractivity contribution in [3.63, 3.8) is 0 Å². The van der Waals surface area contributed by atoms with E-state index in [0.29, 0.717) is 12.8 Å². The Morgan fingerprint density at radius 1 is 1.16 bits per heavy atom. The third-order valence-electron chi connectivity index (χ3n) is 3.66. The Labute approximate surface area is 145 Å². The molecule has 25 heavy (non-hydrogen) atoms. The van der Waals surface area contributed by atoms with E-state index in [1.807, 2.05) is 18.2 Å². The molecule has 0 aliphatic carbocycles. The van der Waals surface area contributed by atoms with Crippen LogP contribution in [0.15, 0.2) is 30.3 Å². The highest BCUT2D eigenvalue weighted by molar-refractivity contribution is 5.94. The molecule has 8 nitrogen and oxygen atoms in total. The molecule has 0 radical (unpaired) electrons. The second-order valence-corrected chi connectivity index (χ2v) is 5.70. The predicted octanol–water partition coefficient (Wildman–Crippen LogP) is 0.717. The number of ether oxygens (including phenoxy) is 1. The van der Waals surface area contributed by atoms with Crippen molar-refractivity contribution in [2.45, 2.75) is 32.0 Å². The number of nitrogens with zero attached hydrogens (tertiary/aromatic N) is 1. The van der Waals surface area contributed by atoms with Gasteiger partial charge in [0, 0.05) is 0 Å². The lowest BCUT2D eigenvalue weighted by Gasteiger charge is -2.28. The smallest absolute Gasteiger partial charge is 0.325 e. The lowest BCUT2D eigenvalue weighted by molar-refractivity contribution is -0.214. The summed E-state index contributed by atoms with van der Waals surface area (Å²) in [6.45, 7) is 0.910. The maximum absolute atomic E-state index is 12.2. The summed E-state index contributed by atoms with van der Waals surface area (Å²) >= 11 is 0. The molecule has 1 heterocycles. The Kier molecular flexibility index (Phi) is 7.36. The summed E-state index contributed by atoms with van der Waals surface area (Å²) < 4.78 is 5.04. The van der Waals surface area contributed by atoms with E-state index in [-0.39, 0.29) is 12.7 Å². The lowest BCUT2D eigenvalue weighted by Crippen LogP contribution is -2.43. The number of rotatable bonds is 8. The average molecular weight is 350 g/mol. The van der Waals surface area contributed by atoms with E-state index in [9.17, 15) is 14.4 Å². The lowest BCUT2D eigenvalue weighted by atomic mass is 10.1. The van der Waals surface area contributed by atoms with Crippen molar-refractivity contribution in [1.82, 2.24) is 10.4 Å². The first-order valence-electron chi connectivity index (χ1n) is 8.14. The number of hydrogen-bond acceptors (Lipinski definition) is 6. The summed E-state index contributed by atoms with van der Waals surface area (Å²) in [6, 6.07) is 9.07. The standard InChI is InChI=1S/C17H22N2O6/c20-15(10-17(23)24-12-13-4-2-1-3-5-13)19(11-16(21)22)25-14-6-8-18-9-7-14/h1-5,14,18H,6-12H2,(H,21,22). The van der Waals surface area contributed by atoms with E-state index < -0.39 is 30.8 Å². The molecule has 1 aliphatic heterocycles. The summed E-state index contributed by atoms with van der Waals surface area (Å²) in [4.78, 5) is 40.5. The zero-order chi connectivity index (χ0) is 18.1. The van der Waals surface area contributed by atoms with Crippen LogP contribution in [0.2, 0.25) is 0 Å². The fourth-order valence-corrected chi connectivity index (χ4v) is 2.39. The Morgan fingerprint density at radius 2 is 1.84 bits per heavy atom. The van der Waals surface area contributed by atoms with Gasteiger partial charge in [0.2, 0.25) is 0 Å². The predicted molar refractivity (Wildman–Crippen MR) is 87.2 cm³/mol. The highest BCUT2D eigenvalue weighted by atomic mass is 16.7. The fraction of sp³-hybridized carbons (Fsp3) is 0.471. The van der Waals surface area contributed by atoms with Crippen LogP contribution < -0.4 is 5.32 Å². The number of esters is 1. The van der Waals surface area contributed by atoms with Gasteiger partial charge in [-0.25, -0.2) is 5.06 Å². The normalized spacial score (nSPS) is 14.7. The number of hydroxylamine groups is 2. The fourth-order valence-electron chi connectivity index (χ4n) is 2.39. The molecule has 1 aliphatic rings. The van der Waals surface area contributed by atoms with Crippen LogP contribution in [0.1, 0.15) is 24.8 Å². The van der Waals surface area contributed by atoms with Crippen LogP contribution in [0.3, 0.4) is 0 Å². The summed E-state index contributed by atoms with van der Waals surface area (Å²) in [5.74, 6) is -2.66. The molecule has 1 aromatic carbocycles. The molecule has 1 fully saturated rings. The molecular formula is C17H22N2O6. The van der Waals surface area contributed by atoms with Gasteiger partial charge in [-0.05, 0) is 31.5 Å². The van der Waals surface area contributed by atoms with Crippen LogP contribution in [0.25, 0.3) is 0 Å². The largest absolute Gasteiger partial charge is 0.480 e. The third kappa shape index (κ3) is 6.90. The maximum Gasteiger partial charge on any atom is 0.325 e. The van der Waals surface area contributed by atoms with Crippen LogP contribution in [0.5, 0.6) is 0 Å². The van der Waals surface area contributed by atoms with Gasteiger partial charge in [-0.2, -0.15) is 0 Å². The van der Waals surface area contributed by atoms with Gasteiger partial charge in [-0.15, -0.1) is 0 Å². The first-order chi connectivity index (χ1) is 12.0. The third-order valence-corrected chi connectivity index (χ3v) is 3.66. The Balaban J connectivity index is 1.84. The molecule has 0 saturated carbocycles. The Morgan fingerprint density at radius 3 is 2.48 bits per heavy atom. The quantitative estimate of drug-likeness (QED) is 0.404. The van der Waals surface area contributed by atoms with E-state index in [2.05, 4.69) is 5.32 Å². The van der Waals surface area contributed by atoms with Crippen molar-refractivity contribution in [1.29, 1.82) is 0 Å². The topological polar surface area (TPSA) is 105 Å². The average Bonchev–Trinajstić information content (AvgIpc) is 2.61. The molecule has 0 atom stereocenters. The number of carboxylic acids is 1. The Hall–Kier alpha value is -2.45. The number of carboxylic acid groups (broad SMARTS) is 1. The summed E-state index contributed by atoms with van der Waals surface area (Å²) in [5.41, 5.74) is 0.802. The first-order valence-corrected chi connectivity index (χ1v) is 8.14. The monoisotopic (exact) mass is 350 g/mol. The minimum atomic E-state index is -1.21. The van der Waals surface area contributed by atoms with Crippen molar-refractivity contribution >= 4 is 17.8 Å². The van der Waals surface area contributed by atoms with E-state index in [1.54, 1.807) is 12.1 Å². The molecule has 0 aromatic heterocycles. The van der Waals surface area contributed by atoms with Gasteiger partial charge in [0.25, 0.3) is 5.91 Å². The molecule has 8 heteroatoms. The van der Waals surface area contributed by atoms with Crippen LogP contribution in [-0.4, -0.2) is 53.8 Å². The number of hydrogen-bond donors (Lipinski definition) is 2. The van der Waals surface area contributed by atoms with Gasteiger partial charge < -0.3 is 15.2 Å². The second-order valence-electron chi connectivity index (χ2n) is 5.70. The van der Waals surface area contributed by atoms with E-state index in [0.717, 1.165) is 23.7 Å². The Bertz CT molecular complexity index is 586. The zero-order valence-corrected chi connectivity index (χ0v) is 13.8. The molecule has 136 valence electrons.